The number of alkyl halides is 3. The van der Waals surface area contributed by atoms with Gasteiger partial charge in [-0.1, -0.05) is 6.07 Å². The summed E-state index contributed by atoms with van der Waals surface area (Å²) < 4.78 is 50.9. The number of rotatable bonds is 6. The zero-order valence-electron chi connectivity index (χ0n) is 17.0. The number of ether oxygens (including phenoxy) is 3. The third kappa shape index (κ3) is 4.52. The van der Waals surface area contributed by atoms with E-state index in [1.54, 1.807) is 36.2 Å². The summed E-state index contributed by atoms with van der Waals surface area (Å²) in [4.78, 5) is 19.3. The highest BCUT2D eigenvalue weighted by atomic mass is 19.4. The van der Waals surface area contributed by atoms with Crippen LogP contribution in [0.15, 0.2) is 42.6 Å². The number of carbonyl (C=O) groups excluding carboxylic acids is 1. The van der Waals surface area contributed by atoms with Gasteiger partial charge in [-0.15, -0.1) is 13.2 Å². The highest BCUT2D eigenvalue weighted by Crippen LogP contribution is 2.44. The molecule has 4 rings (SSSR count). The molecule has 2 fully saturated rings. The zero-order valence-corrected chi connectivity index (χ0v) is 17.0. The van der Waals surface area contributed by atoms with Gasteiger partial charge < -0.3 is 14.4 Å². The predicted octanol–water partition coefficient (Wildman–Crippen LogP) is 3.49. The first-order valence-electron chi connectivity index (χ1n) is 10.0. The van der Waals surface area contributed by atoms with Crippen LogP contribution in [-0.2, 0) is 14.9 Å². The van der Waals surface area contributed by atoms with E-state index >= 15 is 0 Å². The molecule has 2 saturated heterocycles. The Balaban J connectivity index is 1.36. The summed E-state index contributed by atoms with van der Waals surface area (Å²) in [6.45, 7) is 2.60. The molecule has 2 aromatic rings. The number of amides is 1. The van der Waals surface area contributed by atoms with Crippen molar-refractivity contribution in [1.82, 2.24) is 9.88 Å². The predicted molar refractivity (Wildman–Crippen MR) is 105 cm³/mol. The lowest BCUT2D eigenvalue weighted by Crippen LogP contribution is -2.65. The normalized spacial score (nSPS) is 23.1. The van der Waals surface area contributed by atoms with Gasteiger partial charge in [0.1, 0.15) is 12.4 Å². The molecule has 1 aromatic heterocycles. The van der Waals surface area contributed by atoms with Gasteiger partial charge in [0, 0.05) is 24.8 Å². The molecule has 0 radical (unpaired) electrons. The molecule has 0 N–H and O–H groups in total. The first-order valence-corrected chi connectivity index (χ1v) is 10.0. The van der Waals surface area contributed by atoms with Crippen molar-refractivity contribution in [2.24, 2.45) is 0 Å². The summed E-state index contributed by atoms with van der Waals surface area (Å²) in [5.74, 6) is 0.303. The molecule has 166 valence electrons. The lowest BCUT2D eigenvalue weighted by atomic mass is 9.70. The van der Waals surface area contributed by atoms with Gasteiger partial charge >= 0.3 is 6.36 Å². The molecular weight excluding hydrogens is 413 g/mol. The summed E-state index contributed by atoms with van der Waals surface area (Å²) in [5, 5.41) is 0. The van der Waals surface area contributed by atoms with E-state index in [1.165, 1.54) is 0 Å². The van der Waals surface area contributed by atoms with Crippen LogP contribution in [0.5, 0.6) is 5.75 Å². The van der Waals surface area contributed by atoms with Crippen molar-refractivity contribution in [1.29, 1.82) is 0 Å². The lowest BCUT2D eigenvalue weighted by molar-refractivity contribution is -0.325. The number of likely N-dealkylation sites (tertiary alicyclic amines) is 1. The summed E-state index contributed by atoms with van der Waals surface area (Å²) >= 11 is 0. The van der Waals surface area contributed by atoms with Gasteiger partial charge in [-0.3, -0.25) is 14.5 Å². The maximum atomic E-state index is 13.0. The van der Waals surface area contributed by atoms with Crippen LogP contribution in [0.25, 0.3) is 0 Å². The minimum atomic E-state index is -4.68. The minimum Gasteiger partial charge on any atom is -0.491 e. The van der Waals surface area contributed by atoms with Gasteiger partial charge in [0.15, 0.2) is 0 Å². The third-order valence-electron chi connectivity index (χ3n) is 5.86. The van der Waals surface area contributed by atoms with Crippen molar-refractivity contribution in [3.05, 3.63) is 59.4 Å². The van der Waals surface area contributed by atoms with Gasteiger partial charge in [-0.05, 0) is 49.2 Å². The molecule has 0 bridgehead atoms. The number of nitrogens with zero attached hydrogens (tertiary/aromatic N) is 2. The molecule has 2 aliphatic rings. The molecule has 1 amide bonds. The zero-order chi connectivity index (χ0) is 22.1. The molecule has 0 aliphatic carbocycles. The fraction of sp³-hybridized carbons (Fsp3) is 0.455. The summed E-state index contributed by atoms with van der Waals surface area (Å²) in [5.41, 5.74) is 2.04. The van der Waals surface area contributed by atoms with Gasteiger partial charge in [-0.2, -0.15) is 0 Å². The Kier molecular flexibility index (Phi) is 5.90. The summed E-state index contributed by atoms with van der Waals surface area (Å²) in [6, 6.07) is 10.8. The van der Waals surface area contributed by atoms with Crippen molar-refractivity contribution >= 4 is 5.91 Å². The molecule has 2 unspecified atom stereocenters. The van der Waals surface area contributed by atoms with Crippen LogP contribution in [0.1, 0.15) is 28.0 Å². The standard InChI is InChI=1S/C22H23F3N2O4/c1-15-12-16(5-6-17(15)29-10-11-31-22(23,24)25)20(28)27-9-7-21(14-30-19(21)13-27)18-4-2-3-8-26-18/h2-6,8,12,19H,7,9-11,13-14H2,1H3. The van der Waals surface area contributed by atoms with Crippen molar-refractivity contribution in [3.63, 3.8) is 0 Å². The molecule has 9 heteroatoms. The van der Waals surface area contributed by atoms with Crippen LogP contribution < -0.4 is 4.74 Å². The monoisotopic (exact) mass is 436 g/mol. The number of hydrogen-bond donors (Lipinski definition) is 0. The van der Waals surface area contributed by atoms with Gasteiger partial charge in [0.25, 0.3) is 5.91 Å². The first-order chi connectivity index (χ1) is 14.8. The fourth-order valence-corrected chi connectivity index (χ4v) is 4.13. The quantitative estimate of drug-likeness (QED) is 0.649. The fourth-order valence-electron chi connectivity index (χ4n) is 4.13. The van der Waals surface area contributed by atoms with Crippen molar-refractivity contribution in [2.45, 2.75) is 31.2 Å². The number of pyridine rings is 1. The average molecular weight is 436 g/mol. The van der Waals surface area contributed by atoms with E-state index in [-0.39, 0.29) is 24.0 Å². The highest BCUT2D eigenvalue weighted by molar-refractivity contribution is 5.94. The molecule has 6 nitrogen and oxygen atoms in total. The number of hydrogen-bond acceptors (Lipinski definition) is 5. The Morgan fingerprint density at radius 3 is 2.74 bits per heavy atom. The molecule has 3 heterocycles. The van der Waals surface area contributed by atoms with Crippen LogP contribution >= 0.6 is 0 Å². The third-order valence-corrected chi connectivity index (χ3v) is 5.86. The Morgan fingerprint density at radius 1 is 1.29 bits per heavy atom. The lowest BCUT2D eigenvalue weighted by Gasteiger charge is -2.54. The van der Waals surface area contributed by atoms with E-state index in [2.05, 4.69) is 9.72 Å². The Labute approximate surface area is 177 Å². The Morgan fingerprint density at radius 2 is 2.13 bits per heavy atom. The van der Waals surface area contributed by atoms with E-state index in [0.29, 0.717) is 36.6 Å². The van der Waals surface area contributed by atoms with Gasteiger partial charge in [0.2, 0.25) is 0 Å². The van der Waals surface area contributed by atoms with E-state index in [1.807, 2.05) is 18.2 Å². The second kappa shape index (κ2) is 8.47. The van der Waals surface area contributed by atoms with Crippen LogP contribution in [0.2, 0.25) is 0 Å². The second-order valence-corrected chi connectivity index (χ2v) is 7.79. The topological polar surface area (TPSA) is 60.9 Å². The van der Waals surface area contributed by atoms with Crippen molar-refractivity contribution < 1.29 is 32.2 Å². The molecular formula is C22H23F3N2O4. The Bertz CT molecular complexity index is 938. The van der Waals surface area contributed by atoms with Crippen LogP contribution in [0, 0.1) is 6.92 Å². The molecule has 0 spiro atoms. The SMILES string of the molecule is Cc1cc(C(=O)N2CCC3(c4ccccn4)COC3C2)ccc1OCCOC(F)(F)F. The second-order valence-electron chi connectivity index (χ2n) is 7.79. The number of halogens is 3. The maximum absolute atomic E-state index is 13.0. The van der Waals surface area contributed by atoms with Crippen LogP contribution in [-0.4, -0.2) is 61.2 Å². The number of piperidine rings is 1. The summed E-state index contributed by atoms with van der Waals surface area (Å²) in [6.07, 6.45) is -2.21. The summed E-state index contributed by atoms with van der Waals surface area (Å²) in [7, 11) is 0. The molecule has 2 aliphatic heterocycles. The van der Waals surface area contributed by atoms with Gasteiger partial charge in [-0.25, -0.2) is 0 Å². The minimum absolute atomic E-state index is 0.0857. The molecule has 31 heavy (non-hydrogen) atoms. The Hall–Kier alpha value is -2.65. The van der Waals surface area contributed by atoms with E-state index in [9.17, 15) is 18.0 Å². The van der Waals surface area contributed by atoms with Crippen LogP contribution in [0.4, 0.5) is 13.2 Å². The number of benzene rings is 1. The molecule has 2 atom stereocenters. The van der Waals surface area contributed by atoms with Gasteiger partial charge in [0.05, 0.1) is 30.4 Å². The van der Waals surface area contributed by atoms with E-state index in [0.717, 1.165) is 12.1 Å². The van der Waals surface area contributed by atoms with Crippen LogP contribution in [0.3, 0.4) is 0 Å². The maximum Gasteiger partial charge on any atom is 0.522 e. The molecule has 1 aromatic carbocycles. The number of fused-ring (bicyclic) bond motifs is 1. The van der Waals surface area contributed by atoms with Crippen molar-refractivity contribution in [2.75, 3.05) is 32.9 Å². The van der Waals surface area contributed by atoms with E-state index in [4.69, 9.17) is 9.47 Å². The number of carbonyl (C=O) groups is 1. The number of aryl methyl sites for hydroxylation is 1. The molecule has 0 saturated carbocycles. The van der Waals surface area contributed by atoms with Crippen molar-refractivity contribution in [3.8, 4) is 5.75 Å². The first kappa shape index (κ1) is 21.6. The number of aromatic nitrogens is 1. The largest absolute Gasteiger partial charge is 0.522 e. The van der Waals surface area contributed by atoms with E-state index < -0.39 is 13.0 Å². The average Bonchev–Trinajstić information content (AvgIpc) is 2.72. The smallest absolute Gasteiger partial charge is 0.491 e. The highest BCUT2D eigenvalue weighted by Gasteiger charge is 2.54.